The molecule has 0 aliphatic carbocycles. The van der Waals surface area contributed by atoms with Gasteiger partial charge in [-0.05, 0) is 24.3 Å². The molecule has 2 aromatic carbocycles. The van der Waals surface area contributed by atoms with Crippen LogP contribution in [0.15, 0.2) is 52.3 Å². The van der Waals surface area contributed by atoms with Gasteiger partial charge in [-0.3, -0.25) is 14.9 Å². The number of nitrogens with two attached hydrogens (primary N) is 2. The topological polar surface area (TPSA) is 112 Å². The van der Waals surface area contributed by atoms with Crippen LogP contribution in [0.3, 0.4) is 0 Å². The smallest absolute Gasteiger partial charge is 0.284 e. The second-order valence-corrected chi connectivity index (χ2v) is 5.03. The largest absolute Gasteiger partial charge is 0.398 e. The Hall–Kier alpha value is -2.54. The van der Waals surface area contributed by atoms with E-state index < -0.39 is 10.8 Å². The van der Waals surface area contributed by atoms with E-state index >= 15 is 0 Å². The fourth-order valence-electron chi connectivity index (χ4n) is 1.59. The van der Waals surface area contributed by atoms with Crippen LogP contribution in [-0.4, -0.2) is 10.8 Å². The van der Waals surface area contributed by atoms with Crippen molar-refractivity contribution in [2.45, 2.75) is 9.79 Å². The summed E-state index contributed by atoms with van der Waals surface area (Å²) in [6.45, 7) is 0. The number of primary amides is 1. The number of carbonyl (C=O) groups is 1. The van der Waals surface area contributed by atoms with Crippen LogP contribution in [0.4, 0.5) is 11.4 Å². The molecule has 0 spiro atoms. The molecule has 1 amide bonds. The number of carbonyl (C=O) groups excluding carboxylic acids is 1. The maximum atomic E-state index is 11.1. The molecule has 0 saturated carbocycles. The molecular formula is C13H11N3O3S. The minimum absolute atomic E-state index is 0.0992. The van der Waals surface area contributed by atoms with E-state index in [4.69, 9.17) is 11.5 Å². The van der Waals surface area contributed by atoms with Crippen molar-refractivity contribution >= 4 is 29.0 Å². The maximum Gasteiger partial charge on any atom is 0.284 e. The summed E-state index contributed by atoms with van der Waals surface area (Å²) >= 11 is 1.17. The van der Waals surface area contributed by atoms with E-state index in [0.29, 0.717) is 15.5 Å². The lowest BCUT2D eigenvalue weighted by Gasteiger charge is -2.06. The predicted molar refractivity (Wildman–Crippen MR) is 76.6 cm³/mol. The van der Waals surface area contributed by atoms with Gasteiger partial charge in [-0.2, -0.15) is 0 Å². The Balaban J connectivity index is 2.44. The van der Waals surface area contributed by atoms with E-state index in [9.17, 15) is 14.9 Å². The zero-order valence-corrected chi connectivity index (χ0v) is 11.1. The maximum absolute atomic E-state index is 11.1. The average molecular weight is 289 g/mol. The summed E-state index contributed by atoms with van der Waals surface area (Å²) in [7, 11) is 0. The van der Waals surface area contributed by atoms with Crippen molar-refractivity contribution in [3.8, 4) is 0 Å². The number of amides is 1. The van der Waals surface area contributed by atoms with Gasteiger partial charge in [0.1, 0.15) is 0 Å². The molecule has 6 nitrogen and oxygen atoms in total. The lowest BCUT2D eigenvalue weighted by atomic mass is 10.2. The van der Waals surface area contributed by atoms with Crippen LogP contribution in [-0.2, 0) is 0 Å². The highest BCUT2D eigenvalue weighted by atomic mass is 32.2. The minimum atomic E-state index is -0.705. The number of para-hydroxylation sites is 1. The number of nitrogens with zero attached hydrogens (tertiary/aromatic N) is 1. The average Bonchev–Trinajstić information content (AvgIpc) is 2.41. The second kappa shape index (κ2) is 5.62. The number of rotatable bonds is 4. The molecule has 2 rings (SSSR count). The highest BCUT2D eigenvalue weighted by Gasteiger charge is 2.18. The number of nitro groups is 1. The first-order valence-corrected chi connectivity index (χ1v) is 6.41. The SMILES string of the molecule is NC(=O)c1ccc(Sc2ccccc2N)c([N+](=O)[O-])c1. The van der Waals surface area contributed by atoms with Gasteiger partial charge in [-0.25, -0.2) is 0 Å². The first-order chi connectivity index (χ1) is 9.49. The van der Waals surface area contributed by atoms with Gasteiger partial charge in [-0.15, -0.1) is 0 Å². The van der Waals surface area contributed by atoms with Crippen LogP contribution in [0.1, 0.15) is 10.4 Å². The number of benzene rings is 2. The molecule has 0 radical (unpaired) electrons. The molecule has 7 heteroatoms. The van der Waals surface area contributed by atoms with E-state index in [0.717, 1.165) is 0 Å². The van der Waals surface area contributed by atoms with Gasteiger partial charge in [-0.1, -0.05) is 23.9 Å². The van der Waals surface area contributed by atoms with E-state index in [2.05, 4.69) is 0 Å². The highest BCUT2D eigenvalue weighted by molar-refractivity contribution is 7.99. The van der Waals surface area contributed by atoms with Gasteiger partial charge < -0.3 is 11.5 Å². The summed E-state index contributed by atoms with van der Waals surface area (Å²) < 4.78 is 0. The Morgan fingerprint density at radius 2 is 1.85 bits per heavy atom. The third kappa shape index (κ3) is 2.89. The first kappa shape index (κ1) is 13.9. The van der Waals surface area contributed by atoms with Crippen molar-refractivity contribution < 1.29 is 9.72 Å². The monoisotopic (exact) mass is 289 g/mol. The zero-order chi connectivity index (χ0) is 14.7. The number of anilines is 1. The van der Waals surface area contributed by atoms with Gasteiger partial charge in [0, 0.05) is 22.2 Å². The molecule has 0 aliphatic rings. The molecule has 0 saturated heterocycles. The molecule has 20 heavy (non-hydrogen) atoms. The lowest BCUT2D eigenvalue weighted by Crippen LogP contribution is -2.11. The third-order valence-electron chi connectivity index (χ3n) is 2.58. The van der Waals surface area contributed by atoms with Gasteiger partial charge in [0.2, 0.25) is 5.91 Å². The minimum Gasteiger partial charge on any atom is -0.398 e. The molecule has 0 fully saturated rings. The van der Waals surface area contributed by atoms with Crippen LogP contribution in [0, 0.1) is 10.1 Å². The molecule has 0 unspecified atom stereocenters. The lowest BCUT2D eigenvalue weighted by molar-refractivity contribution is -0.387. The molecule has 0 atom stereocenters. The normalized spacial score (nSPS) is 10.2. The molecule has 102 valence electrons. The van der Waals surface area contributed by atoms with Gasteiger partial charge in [0.15, 0.2) is 0 Å². The Morgan fingerprint density at radius 3 is 2.45 bits per heavy atom. The Labute approximate surface area is 118 Å². The van der Waals surface area contributed by atoms with Crippen molar-refractivity contribution in [2.75, 3.05) is 5.73 Å². The third-order valence-corrected chi connectivity index (χ3v) is 3.74. The summed E-state index contributed by atoms with van der Waals surface area (Å²) in [5.74, 6) is -0.705. The van der Waals surface area contributed by atoms with Crippen molar-refractivity contribution in [1.29, 1.82) is 0 Å². The van der Waals surface area contributed by atoms with Crippen LogP contribution < -0.4 is 11.5 Å². The van der Waals surface area contributed by atoms with Gasteiger partial charge in [0.25, 0.3) is 5.69 Å². The predicted octanol–water partition coefficient (Wildman–Crippen LogP) is 2.43. The second-order valence-electron chi connectivity index (χ2n) is 3.94. The van der Waals surface area contributed by atoms with Gasteiger partial charge >= 0.3 is 0 Å². The standard InChI is InChI=1S/C13H11N3O3S/c14-9-3-1-2-4-11(9)20-12-6-5-8(13(15)17)7-10(12)16(18)19/h1-7H,14H2,(H2,15,17). The Kier molecular flexibility index (Phi) is 3.90. The van der Waals surface area contributed by atoms with E-state index in [1.54, 1.807) is 24.3 Å². The summed E-state index contributed by atoms with van der Waals surface area (Å²) in [6.07, 6.45) is 0. The fraction of sp³-hybridized carbons (Fsp3) is 0. The highest BCUT2D eigenvalue weighted by Crippen LogP contribution is 2.37. The van der Waals surface area contributed by atoms with Crippen LogP contribution in [0.2, 0.25) is 0 Å². The molecule has 4 N–H and O–H groups in total. The van der Waals surface area contributed by atoms with Crippen molar-refractivity contribution in [2.24, 2.45) is 5.73 Å². The number of nitro benzene ring substituents is 1. The van der Waals surface area contributed by atoms with Crippen LogP contribution in [0.25, 0.3) is 0 Å². The Bertz CT molecular complexity index is 688. The zero-order valence-electron chi connectivity index (χ0n) is 10.3. The van der Waals surface area contributed by atoms with Crippen molar-refractivity contribution in [3.05, 3.63) is 58.1 Å². The van der Waals surface area contributed by atoms with E-state index in [1.165, 1.54) is 30.0 Å². The molecular weight excluding hydrogens is 278 g/mol. The number of hydrogen-bond acceptors (Lipinski definition) is 5. The van der Waals surface area contributed by atoms with Crippen LogP contribution >= 0.6 is 11.8 Å². The summed E-state index contributed by atoms with van der Waals surface area (Å²) in [6, 6.07) is 11.2. The summed E-state index contributed by atoms with van der Waals surface area (Å²) in [5.41, 5.74) is 11.4. The van der Waals surface area contributed by atoms with E-state index in [-0.39, 0.29) is 11.3 Å². The molecule has 0 heterocycles. The number of nitrogen functional groups attached to an aromatic ring is 1. The Morgan fingerprint density at radius 1 is 1.15 bits per heavy atom. The molecule has 2 aromatic rings. The molecule has 0 aromatic heterocycles. The van der Waals surface area contributed by atoms with Crippen molar-refractivity contribution in [1.82, 2.24) is 0 Å². The quantitative estimate of drug-likeness (QED) is 0.510. The van der Waals surface area contributed by atoms with Crippen molar-refractivity contribution in [3.63, 3.8) is 0 Å². The fourth-order valence-corrected chi connectivity index (χ4v) is 2.54. The van der Waals surface area contributed by atoms with Gasteiger partial charge in [0.05, 0.1) is 9.82 Å². The summed E-state index contributed by atoms with van der Waals surface area (Å²) in [4.78, 5) is 22.7. The molecule has 0 aliphatic heterocycles. The summed E-state index contributed by atoms with van der Waals surface area (Å²) in [5, 5.41) is 11.1. The first-order valence-electron chi connectivity index (χ1n) is 5.59. The van der Waals surface area contributed by atoms with E-state index in [1.807, 2.05) is 0 Å². The number of hydrogen-bond donors (Lipinski definition) is 2. The molecule has 0 bridgehead atoms. The van der Waals surface area contributed by atoms with Crippen LogP contribution in [0.5, 0.6) is 0 Å².